The maximum Gasteiger partial charge on any atom is 0.319 e. The van der Waals surface area contributed by atoms with Crippen LogP contribution in [0.15, 0.2) is 0 Å². The van der Waals surface area contributed by atoms with Crippen LogP contribution in [-0.2, 0) is 9.59 Å². The highest BCUT2D eigenvalue weighted by molar-refractivity contribution is 6.02. The van der Waals surface area contributed by atoms with E-state index in [1.54, 1.807) is 4.90 Å². The minimum absolute atomic E-state index is 0.159. The van der Waals surface area contributed by atoms with E-state index in [2.05, 4.69) is 0 Å². The molecule has 1 saturated carbocycles. The summed E-state index contributed by atoms with van der Waals surface area (Å²) in [7, 11) is 0. The molecule has 1 saturated heterocycles. The van der Waals surface area contributed by atoms with Gasteiger partial charge in [-0.15, -0.1) is 0 Å². The monoisotopic (exact) mass is 226 g/mol. The summed E-state index contributed by atoms with van der Waals surface area (Å²) in [6.07, 6.45) is 3.38. The fraction of sp³-hybridized carbons (Fsp3) is 0.818. The predicted octanol–water partition coefficient (Wildman–Crippen LogP) is 0.191. The number of hydrogen-bond acceptors (Lipinski definition) is 3. The molecule has 2 rings (SSSR count). The molecule has 2 aliphatic rings. The highest BCUT2D eigenvalue weighted by atomic mass is 16.4. The van der Waals surface area contributed by atoms with Crippen molar-refractivity contribution in [1.82, 2.24) is 4.90 Å². The van der Waals surface area contributed by atoms with Gasteiger partial charge in [0, 0.05) is 19.1 Å². The van der Waals surface area contributed by atoms with Gasteiger partial charge in [0.25, 0.3) is 0 Å². The van der Waals surface area contributed by atoms with Gasteiger partial charge in [-0.1, -0.05) is 6.42 Å². The Hall–Kier alpha value is -1.10. The van der Waals surface area contributed by atoms with Gasteiger partial charge in [-0.3, -0.25) is 9.59 Å². The first-order valence-corrected chi connectivity index (χ1v) is 5.84. The Morgan fingerprint density at radius 3 is 2.19 bits per heavy atom. The van der Waals surface area contributed by atoms with E-state index in [0.29, 0.717) is 25.9 Å². The largest absolute Gasteiger partial charge is 0.480 e. The van der Waals surface area contributed by atoms with Gasteiger partial charge in [-0.2, -0.15) is 0 Å². The summed E-state index contributed by atoms with van der Waals surface area (Å²) in [5.74, 6) is -1.16. The molecular weight excluding hydrogens is 208 g/mol. The molecule has 0 aromatic rings. The van der Waals surface area contributed by atoms with Gasteiger partial charge >= 0.3 is 5.97 Å². The molecule has 2 fully saturated rings. The van der Waals surface area contributed by atoms with Crippen molar-refractivity contribution in [3.8, 4) is 0 Å². The number of aliphatic carboxylic acids is 1. The minimum Gasteiger partial charge on any atom is -0.480 e. The van der Waals surface area contributed by atoms with Crippen LogP contribution in [0.4, 0.5) is 0 Å². The quantitative estimate of drug-likeness (QED) is 0.658. The molecule has 16 heavy (non-hydrogen) atoms. The van der Waals surface area contributed by atoms with E-state index in [-0.39, 0.29) is 11.9 Å². The van der Waals surface area contributed by atoms with Gasteiger partial charge in [-0.05, 0) is 25.7 Å². The summed E-state index contributed by atoms with van der Waals surface area (Å²) in [5, 5.41) is 9.16. The predicted molar refractivity (Wildman–Crippen MR) is 57.7 cm³/mol. The topological polar surface area (TPSA) is 83.6 Å². The van der Waals surface area contributed by atoms with E-state index in [9.17, 15) is 9.59 Å². The van der Waals surface area contributed by atoms with Crippen LogP contribution in [-0.4, -0.2) is 41.0 Å². The zero-order valence-corrected chi connectivity index (χ0v) is 9.32. The number of carboxylic acid groups (broad SMARTS) is 1. The van der Waals surface area contributed by atoms with E-state index < -0.39 is 11.4 Å². The Morgan fingerprint density at radius 2 is 1.81 bits per heavy atom. The van der Waals surface area contributed by atoms with E-state index in [4.69, 9.17) is 10.8 Å². The van der Waals surface area contributed by atoms with Gasteiger partial charge in [0.2, 0.25) is 5.91 Å². The molecule has 5 heteroatoms. The standard InChI is InChI=1S/C11H18N2O3/c12-8-2-6-13(7-3-8)9(14)11(10(15)16)4-1-5-11/h8H,1-7,12H2,(H,15,16). The summed E-state index contributed by atoms with van der Waals surface area (Å²) in [6.45, 7) is 1.21. The van der Waals surface area contributed by atoms with Gasteiger partial charge < -0.3 is 15.7 Å². The highest BCUT2D eigenvalue weighted by Crippen LogP contribution is 2.43. The van der Waals surface area contributed by atoms with E-state index >= 15 is 0 Å². The second kappa shape index (κ2) is 4.05. The molecule has 90 valence electrons. The van der Waals surface area contributed by atoms with Crippen molar-refractivity contribution in [3.05, 3.63) is 0 Å². The molecular formula is C11H18N2O3. The molecule has 0 unspecified atom stereocenters. The molecule has 1 amide bonds. The number of amides is 1. The fourth-order valence-electron chi connectivity index (χ4n) is 2.45. The SMILES string of the molecule is NC1CCN(C(=O)C2(C(=O)O)CCC2)CC1. The van der Waals surface area contributed by atoms with Crippen LogP contribution in [0.2, 0.25) is 0 Å². The van der Waals surface area contributed by atoms with E-state index in [1.807, 2.05) is 0 Å². The van der Waals surface area contributed by atoms with Crippen LogP contribution < -0.4 is 5.73 Å². The van der Waals surface area contributed by atoms with Crippen LogP contribution in [0.25, 0.3) is 0 Å². The average molecular weight is 226 g/mol. The molecule has 1 aliphatic heterocycles. The summed E-state index contributed by atoms with van der Waals surface area (Å²) < 4.78 is 0. The number of carbonyl (C=O) groups is 2. The summed E-state index contributed by atoms with van der Waals surface area (Å²) in [6, 6.07) is 0.159. The lowest BCUT2D eigenvalue weighted by molar-refractivity contribution is -0.168. The van der Waals surface area contributed by atoms with Gasteiger partial charge in [-0.25, -0.2) is 0 Å². The molecule has 0 atom stereocenters. The highest BCUT2D eigenvalue weighted by Gasteiger charge is 2.53. The number of carbonyl (C=O) groups excluding carboxylic acids is 1. The second-order valence-electron chi connectivity index (χ2n) is 4.87. The van der Waals surface area contributed by atoms with Crippen molar-refractivity contribution in [3.63, 3.8) is 0 Å². The van der Waals surface area contributed by atoms with Crippen molar-refractivity contribution in [2.75, 3.05) is 13.1 Å². The van der Waals surface area contributed by atoms with Gasteiger partial charge in [0.05, 0.1) is 0 Å². The van der Waals surface area contributed by atoms with E-state index in [0.717, 1.165) is 19.3 Å². The zero-order valence-electron chi connectivity index (χ0n) is 9.32. The third-order valence-corrected chi connectivity index (χ3v) is 3.85. The first-order valence-electron chi connectivity index (χ1n) is 5.84. The van der Waals surface area contributed by atoms with Crippen LogP contribution in [0.3, 0.4) is 0 Å². The van der Waals surface area contributed by atoms with Crippen LogP contribution in [0, 0.1) is 5.41 Å². The van der Waals surface area contributed by atoms with Crippen molar-refractivity contribution in [2.24, 2.45) is 11.1 Å². The van der Waals surface area contributed by atoms with Crippen LogP contribution in [0.1, 0.15) is 32.1 Å². The van der Waals surface area contributed by atoms with Crippen molar-refractivity contribution in [2.45, 2.75) is 38.1 Å². The summed E-state index contributed by atoms with van der Waals surface area (Å²) >= 11 is 0. The molecule has 3 N–H and O–H groups in total. The normalized spacial score (nSPS) is 24.9. The zero-order chi connectivity index (χ0) is 11.8. The molecule has 5 nitrogen and oxygen atoms in total. The Bertz CT molecular complexity index is 304. The maximum absolute atomic E-state index is 12.2. The lowest BCUT2D eigenvalue weighted by Gasteiger charge is -2.41. The second-order valence-corrected chi connectivity index (χ2v) is 4.87. The number of piperidine rings is 1. The maximum atomic E-state index is 12.2. The fourth-order valence-corrected chi connectivity index (χ4v) is 2.45. The van der Waals surface area contributed by atoms with Gasteiger partial charge in [0.1, 0.15) is 5.41 Å². The number of likely N-dealkylation sites (tertiary alicyclic amines) is 1. The minimum atomic E-state index is -1.11. The van der Waals surface area contributed by atoms with Crippen LogP contribution in [0.5, 0.6) is 0 Å². The van der Waals surface area contributed by atoms with Crippen LogP contribution >= 0.6 is 0 Å². The average Bonchev–Trinajstić information content (AvgIpc) is 2.16. The number of hydrogen-bond donors (Lipinski definition) is 2. The summed E-state index contributed by atoms with van der Waals surface area (Å²) in [5.41, 5.74) is 4.65. The van der Waals surface area contributed by atoms with E-state index in [1.165, 1.54) is 0 Å². The van der Waals surface area contributed by atoms with Gasteiger partial charge in [0.15, 0.2) is 0 Å². The van der Waals surface area contributed by atoms with Crippen molar-refractivity contribution < 1.29 is 14.7 Å². The molecule has 0 aromatic carbocycles. The molecule has 0 aromatic heterocycles. The Kier molecular flexibility index (Phi) is 2.88. The molecule has 1 heterocycles. The third kappa shape index (κ3) is 1.69. The number of nitrogens with two attached hydrogens (primary N) is 1. The first-order chi connectivity index (χ1) is 7.56. The third-order valence-electron chi connectivity index (χ3n) is 3.85. The Morgan fingerprint density at radius 1 is 1.25 bits per heavy atom. The smallest absolute Gasteiger partial charge is 0.319 e. The number of carboxylic acids is 1. The Labute approximate surface area is 94.6 Å². The number of nitrogens with zero attached hydrogens (tertiary/aromatic N) is 1. The lowest BCUT2D eigenvalue weighted by atomic mass is 9.67. The van der Waals surface area contributed by atoms with Crippen molar-refractivity contribution in [1.29, 1.82) is 0 Å². The van der Waals surface area contributed by atoms with Crippen molar-refractivity contribution >= 4 is 11.9 Å². The lowest BCUT2D eigenvalue weighted by Crippen LogP contribution is -2.55. The Balaban J connectivity index is 2.04. The molecule has 0 bridgehead atoms. The molecule has 1 aliphatic carbocycles. The molecule has 0 radical (unpaired) electrons. The molecule has 0 spiro atoms. The summed E-state index contributed by atoms with van der Waals surface area (Å²) in [4.78, 5) is 25.0. The first kappa shape index (κ1) is 11.4. The number of rotatable bonds is 2.